The number of nitrogens with one attached hydrogen (secondary N) is 1. The van der Waals surface area contributed by atoms with E-state index in [-0.39, 0.29) is 11.1 Å². The lowest BCUT2D eigenvalue weighted by atomic mass is 9.77. The van der Waals surface area contributed by atoms with Crippen molar-refractivity contribution in [1.82, 2.24) is 10.3 Å². The third kappa shape index (κ3) is 2.47. The van der Waals surface area contributed by atoms with Gasteiger partial charge in [0.2, 0.25) is 0 Å². The van der Waals surface area contributed by atoms with Crippen LogP contribution >= 0.6 is 11.3 Å². The fraction of sp³-hybridized carbons (Fsp3) is 0.471. The number of benzene rings is 1. The van der Waals surface area contributed by atoms with Crippen molar-refractivity contribution in [3.05, 3.63) is 45.9 Å². The minimum absolute atomic E-state index is 0.226. The summed E-state index contributed by atoms with van der Waals surface area (Å²) < 4.78 is 6.19. The molecule has 1 aliphatic rings. The Bertz CT molecular complexity index is 650. The second kappa shape index (κ2) is 5.11. The fourth-order valence-corrected chi connectivity index (χ4v) is 4.24. The molecule has 2 aromatic rings. The maximum Gasteiger partial charge on any atom is 0.125 e. The van der Waals surface area contributed by atoms with Gasteiger partial charge in [0, 0.05) is 23.1 Å². The summed E-state index contributed by atoms with van der Waals surface area (Å²) in [6, 6.07) is 8.32. The summed E-state index contributed by atoms with van der Waals surface area (Å²) in [4.78, 5) is 4.79. The minimum Gasteiger partial charge on any atom is -0.487 e. The van der Waals surface area contributed by atoms with E-state index in [4.69, 9.17) is 9.72 Å². The Morgan fingerprint density at radius 2 is 2.10 bits per heavy atom. The number of hydrogen-bond donors (Lipinski definition) is 1. The highest BCUT2D eigenvalue weighted by Gasteiger charge is 2.47. The second-order valence-electron chi connectivity index (χ2n) is 6.26. The zero-order valence-corrected chi connectivity index (χ0v) is 13.9. The molecule has 0 aliphatic carbocycles. The van der Waals surface area contributed by atoms with E-state index < -0.39 is 0 Å². The van der Waals surface area contributed by atoms with E-state index in [1.807, 2.05) is 6.07 Å². The van der Waals surface area contributed by atoms with Crippen molar-refractivity contribution in [1.29, 1.82) is 0 Å². The summed E-state index contributed by atoms with van der Waals surface area (Å²) in [5.74, 6) is 0.961. The smallest absolute Gasteiger partial charge is 0.125 e. The van der Waals surface area contributed by atoms with Crippen LogP contribution in [0.3, 0.4) is 0 Å². The molecule has 2 heterocycles. The van der Waals surface area contributed by atoms with Gasteiger partial charge in [0.15, 0.2) is 0 Å². The third-order valence-corrected chi connectivity index (χ3v) is 5.01. The van der Waals surface area contributed by atoms with Gasteiger partial charge in [-0.25, -0.2) is 4.98 Å². The summed E-state index contributed by atoms with van der Waals surface area (Å²) in [5, 5.41) is 6.96. The van der Waals surface area contributed by atoms with Gasteiger partial charge in [-0.05, 0) is 33.4 Å². The Hall–Kier alpha value is -1.39. The van der Waals surface area contributed by atoms with Crippen LogP contribution in [0.15, 0.2) is 29.6 Å². The highest BCUT2D eigenvalue weighted by molar-refractivity contribution is 7.09. The average molecular weight is 302 g/mol. The molecule has 0 radical (unpaired) electrons. The number of aromatic nitrogens is 1. The summed E-state index contributed by atoms with van der Waals surface area (Å²) >= 11 is 1.73. The Balaban J connectivity index is 2.23. The van der Waals surface area contributed by atoms with Crippen LogP contribution in [-0.2, 0) is 5.54 Å². The largest absolute Gasteiger partial charge is 0.487 e. The van der Waals surface area contributed by atoms with E-state index in [1.165, 1.54) is 5.56 Å². The van der Waals surface area contributed by atoms with Gasteiger partial charge >= 0.3 is 0 Å². The Labute approximate surface area is 130 Å². The second-order valence-corrected chi connectivity index (χ2v) is 7.12. The van der Waals surface area contributed by atoms with Crippen molar-refractivity contribution in [3.63, 3.8) is 0 Å². The number of para-hydroxylation sites is 1. The van der Waals surface area contributed by atoms with Gasteiger partial charge < -0.3 is 10.1 Å². The minimum atomic E-state index is -0.258. The third-order valence-electron chi connectivity index (χ3n) is 3.89. The number of fused-ring (bicyclic) bond motifs is 1. The topological polar surface area (TPSA) is 34.2 Å². The van der Waals surface area contributed by atoms with Crippen molar-refractivity contribution in [2.24, 2.45) is 0 Å². The molecule has 0 spiro atoms. The van der Waals surface area contributed by atoms with Gasteiger partial charge in [0.1, 0.15) is 21.9 Å². The first kappa shape index (κ1) is 14.5. The molecule has 0 bridgehead atoms. The molecule has 1 aromatic carbocycles. The molecular formula is C17H22N2OS. The van der Waals surface area contributed by atoms with Gasteiger partial charge in [-0.2, -0.15) is 0 Å². The molecule has 0 fully saturated rings. The van der Waals surface area contributed by atoms with E-state index >= 15 is 0 Å². The van der Waals surface area contributed by atoms with E-state index in [2.05, 4.69) is 56.6 Å². The van der Waals surface area contributed by atoms with Crippen molar-refractivity contribution in [2.75, 3.05) is 6.54 Å². The van der Waals surface area contributed by atoms with Crippen molar-refractivity contribution < 1.29 is 4.74 Å². The summed E-state index contributed by atoms with van der Waals surface area (Å²) in [6.45, 7) is 9.39. The van der Waals surface area contributed by atoms with Gasteiger partial charge in [0.25, 0.3) is 0 Å². The molecule has 1 atom stereocenters. The van der Waals surface area contributed by atoms with E-state index in [9.17, 15) is 0 Å². The van der Waals surface area contributed by atoms with Crippen molar-refractivity contribution in [3.8, 4) is 5.75 Å². The number of rotatable bonds is 3. The molecule has 3 rings (SSSR count). The average Bonchev–Trinajstić information content (AvgIpc) is 2.85. The fourth-order valence-electron chi connectivity index (χ4n) is 3.25. The summed E-state index contributed by atoms with van der Waals surface area (Å²) in [6.07, 6.45) is 0.873. The molecule has 1 aromatic heterocycles. The predicted molar refractivity (Wildman–Crippen MR) is 87.1 cm³/mol. The highest BCUT2D eigenvalue weighted by Crippen LogP contribution is 2.47. The van der Waals surface area contributed by atoms with E-state index in [0.29, 0.717) is 0 Å². The summed E-state index contributed by atoms with van der Waals surface area (Å²) in [5.41, 5.74) is 1.79. The molecule has 21 heavy (non-hydrogen) atoms. The number of thiazole rings is 1. The van der Waals surface area contributed by atoms with Crippen LogP contribution in [0.2, 0.25) is 0 Å². The normalized spacial score (nSPS) is 23.4. The quantitative estimate of drug-likeness (QED) is 0.934. The van der Waals surface area contributed by atoms with Crippen LogP contribution in [0.4, 0.5) is 0 Å². The Morgan fingerprint density at radius 1 is 1.33 bits per heavy atom. The van der Waals surface area contributed by atoms with Crippen LogP contribution in [0, 0.1) is 6.92 Å². The zero-order chi connectivity index (χ0) is 15.1. The summed E-state index contributed by atoms with van der Waals surface area (Å²) in [7, 11) is 0. The molecular weight excluding hydrogens is 280 g/mol. The number of ether oxygens (including phenoxy) is 1. The molecule has 112 valence electrons. The molecule has 1 aliphatic heterocycles. The van der Waals surface area contributed by atoms with Crippen LogP contribution in [0.25, 0.3) is 0 Å². The highest BCUT2D eigenvalue weighted by atomic mass is 32.1. The lowest BCUT2D eigenvalue weighted by Crippen LogP contribution is -2.53. The molecule has 3 nitrogen and oxygen atoms in total. The van der Waals surface area contributed by atoms with Crippen LogP contribution in [0.5, 0.6) is 5.75 Å². The first-order valence-electron chi connectivity index (χ1n) is 7.43. The van der Waals surface area contributed by atoms with Crippen LogP contribution < -0.4 is 10.1 Å². The zero-order valence-electron chi connectivity index (χ0n) is 13.1. The van der Waals surface area contributed by atoms with Crippen LogP contribution in [0.1, 0.15) is 43.5 Å². The van der Waals surface area contributed by atoms with Crippen LogP contribution in [-0.4, -0.2) is 17.1 Å². The van der Waals surface area contributed by atoms with Gasteiger partial charge in [0.05, 0.1) is 0 Å². The lowest BCUT2D eigenvalue weighted by Gasteiger charge is -2.45. The van der Waals surface area contributed by atoms with Crippen molar-refractivity contribution >= 4 is 11.3 Å². The monoisotopic (exact) mass is 302 g/mol. The molecule has 0 amide bonds. The van der Waals surface area contributed by atoms with Gasteiger partial charge in [-0.1, -0.05) is 25.1 Å². The number of nitrogens with zero attached hydrogens (tertiary/aromatic N) is 1. The molecule has 1 N–H and O–H groups in total. The molecule has 0 saturated heterocycles. The predicted octanol–water partition coefficient (Wildman–Crippen LogP) is 3.87. The molecule has 1 unspecified atom stereocenters. The number of hydrogen-bond acceptors (Lipinski definition) is 4. The number of aryl methyl sites for hydroxylation is 1. The maximum absolute atomic E-state index is 6.19. The maximum atomic E-state index is 6.19. The van der Waals surface area contributed by atoms with Gasteiger partial charge in [-0.15, -0.1) is 11.3 Å². The molecule has 0 saturated carbocycles. The SMILES string of the molecule is CCNC1(c2nc(C)cs2)CC(C)(C)Oc2ccccc21. The molecule has 4 heteroatoms. The lowest BCUT2D eigenvalue weighted by molar-refractivity contribution is 0.0453. The standard InChI is InChI=1S/C17H22N2OS/c1-5-18-17(15-19-12(2)10-21-15)11-16(3,4)20-14-9-7-6-8-13(14)17/h6-10,18H,5,11H2,1-4H3. The van der Waals surface area contributed by atoms with Crippen molar-refractivity contribution in [2.45, 2.75) is 45.3 Å². The first-order valence-corrected chi connectivity index (χ1v) is 8.31. The van der Waals surface area contributed by atoms with Gasteiger partial charge in [-0.3, -0.25) is 0 Å². The van der Waals surface area contributed by atoms with E-state index in [1.54, 1.807) is 11.3 Å². The Kier molecular flexibility index (Phi) is 3.54. The first-order chi connectivity index (χ1) is 9.97. The van der Waals surface area contributed by atoms with E-state index in [0.717, 1.165) is 29.4 Å². The Morgan fingerprint density at radius 3 is 2.76 bits per heavy atom.